The summed E-state index contributed by atoms with van der Waals surface area (Å²) in [4.78, 5) is 0. The van der Waals surface area contributed by atoms with Crippen LogP contribution >= 0.6 is 0 Å². The van der Waals surface area contributed by atoms with Crippen LogP contribution in [0.25, 0.3) is 21.5 Å². The first-order valence-electron chi connectivity index (χ1n) is 5.85. The summed E-state index contributed by atoms with van der Waals surface area (Å²) < 4.78 is 0. The van der Waals surface area contributed by atoms with E-state index in [0.717, 1.165) is 5.69 Å². The van der Waals surface area contributed by atoms with Crippen molar-refractivity contribution < 1.29 is 0 Å². The number of hydrogen-bond acceptors (Lipinski definition) is 1. The zero-order valence-electron chi connectivity index (χ0n) is 10.1. The highest BCUT2D eigenvalue weighted by Crippen LogP contribution is 2.30. The normalized spacial score (nSPS) is 11.2. The molecule has 3 aromatic rings. The van der Waals surface area contributed by atoms with Crippen LogP contribution in [0.15, 0.2) is 42.5 Å². The van der Waals surface area contributed by atoms with Crippen LogP contribution in [0.5, 0.6) is 0 Å². The van der Waals surface area contributed by atoms with Crippen molar-refractivity contribution in [3.8, 4) is 0 Å². The van der Waals surface area contributed by atoms with Gasteiger partial charge in [-0.05, 0) is 64.7 Å². The molecular weight excluding hydrogens is 206 g/mol. The molecule has 3 rings (SSSR count). The molecule has 84 valence electrons. The number of nitrogens with two attached hydrogens (primary N) is 1. The quantitative estimate of drug-likeness (QED) is 0.447. The van der Waals surface area contributed by atoms with E-state index < -0.39 is 0 Å². The third-order valence-electron chi connectivity index (χ3n) is 3.63. The number of rotatable bonds is 0. The summed E-state index contributed by atoms with van der Waals surface area (Å²) in [5.74, 6) is 0. The van der Waals surface area contributed by atoms with Gasteiger partial charge in [-0.2, -0.15) is 0 Å². The van der Waals surface area contributed by atoms with Gasteiger partial charge < -0.3 is 5.73 Å². The fourth-order valence-corrected chi connectivity index (χ4v) is 2.40. The maximum atomic E-state index is 6.03. The first-order valence-corrected chi connectivity index (χ1v) is 5.85. The van der Waals surface area contributed by atoms with Gasteiger partial charge in [0.15, 0.2) is 0 Å². The summed E-state index contributed by atoms with van der Waals surface area (Å²) in [5, 5.41) is 5.08. The fourth-order valence-electron chi connectivity index (χ4n) is 2.40. The van der Waals surface area contributed by atoms with Crippen LogP contribution in [0.1, 0.15) is 11.1 Å². The second-order valence-electron chi connectivity index (χ2n) is 4.64. The minimum atomic E-state index is 0.880. The molecule has 0 atom stereocenters. The molecular formula is C16H15N. The molecule has 0 saturated carbocycles. The highest BCUT2D eigenvalue weighted by atomic mass is 14.6. The molecule has 0 saturated heterocycles. The average Bonchev–Trinajstić information content (AvgIpc) is 2.34. The zero-order valence-corrected chi connectivity index (χ0v) is 10.1. The number of benzene rings is 3. The summed E-state index contributed by atoms with van der Waals surface area (Å²) in [6.45, 7) is 4.22. The molecule has 0 aliphatic heterocycles. The second kappa shape index (κ2) is 3.49. The van der Waals surface area contributed by atoms with Crippen LogP contribution in [0.2, 0.25) is 0 Å². The van der Waals surface area contributed by atoms with Crippen molar-refractivity contribution in [2.45, 2.75) is 13.8 Å². The molecule has 0 bridgehead atoms. The van der Waals surface area contributed by atoms with Crippen molar-refractivity contribution >= 4 is 27.2 Å². The standard InChI is InChI=1S/C16H15N/c1-10-11(2)16(17)9-14-7-12-5-3-4-6-13(12)8-15(10)14/h3-9H,17H2,1-2H3. The van der Waals surface area contributed by atoms with Gasteiger partial charge in [-0.1, -0.05) is 24.3 Å². The Morgan fingerprint density at radius 1 is 0.765 bits per heavy atom. The lowest BCUT2D eigenvalue weighted by Gasteiger charge is -2.10. The Morgan fingerprint density at radius 2 is 1.41 bits per heavy atom. The van der Waals surface area contributed by atoms with Crippen LogP contribution in [0, 0.1) is 13.8 Å². The smallest absolute Gasteiger partial charge is 0.0352 e. The Bertz CT molecular complexity index is 726. The molecule has 0 aromatic heterocycles. The Labute approximate surface area is 101 Å². The SMILES string of the molecule is Cc1c(N)cc2cc3ccccc3cc2c1C. The maximum Gasteiger partial charge on any atom is 0.0352 e. The molecule has 1 heteroatoms. The fraction of sp³-hybridized carbons (Fsp3) is 0.125. The Morgan fingerprint density at radius 3 is 2.12 bits per heavy atom. The lowest BCUT2D eigenvalue weighted by atomic mass is 9.96. The van der Waals surface area contributed by atoms with Gasteiger partial charge in [-0.3, -0.25) is 0 Å². The predicted octanol–water partition coefficient (Wildman–Crippen LogP) is 4.19. The molecule has 1 nitrogen and oxygen atoms in total. The van der Waals surface area contributed by atoms with Gasteiger partial charge >= 0.3 is 0 Å². The van der Waals surface area contributed by atoms with Gasteiger partial charge in [0.2, 0.25) is 0 Å². The van der Waals surface area contributed by atoms with E-state index in [4.69, 9.17) is 5.73 Å². The molecule has 0 amide bonds. The van der Waals surface area contributed by atoms with E-state index >= 15 is 0 Å². The average molecular weight is 221 g/mol. The molecule has 0 heterocycles. The van der Waals surface area contributed by atoms with E-state index in [-0.39, 0.29) is 0 Å². The molecule has 0 spiro atoms. The molecule has 17 heavy (non-hydrogen) atoms. The van der Waals surface area contributed by atoms with Crippen molar-refractivity contribution in [2.24, 2.45) is 0 Å². The Kier molecular flexibility index (Phi) is 2.08. The number of nitrogen functional groups attached to an aromatic ring is 1. The van der Waals surface area contributed by atoms with Crippen molar-refractivity contribution in [1.82, 2.24) is 0 Å². The number of anilines is 1. The van der Waals surface area contributed by atoms with Crippen molar-refractivity contribution in [3.63, 3.8) is 0 Å². The highest BCUT2D eigenvalue weighted by Gasteiger charge is 2.05. The van der Waals surface area contributed by atoms with Gasteiger partial charge in [0.25, 0.3) is 0 Å². The van der Waals surface area contributed by atoms with Crippen LogP contribution < -0.4 is 5.73 Å². The third kappa shape index (κ3) is 1.47. The lowest BCUT2D eigenvalue weighted by Crippen LogP contribution is -1.93. The third-order valence-corrected chi connectivity index (χ3v) is 3.63. The number of aryl methyl sites for hydroxylation is 1. The lowest BCUT2D eigenvalue weighted by molar-refractivity contribution is 1.38. The molecule has 0 unspecified atom stereocenters. The minimum Gasteiger partial charge on any atom is -0.398 e. The van der Waals surface area contributed by atoms with Crippen molar-refractivity contribution in [2.75, 3.05) is 5.73 Å². The second-order valence-corrected chi connectivity index (χ2v) is 4.64. The monoisotopic (exact) mass is 221 g/mol. The van der Waals surface area contributed by atoms with Crippen LogP contribution in [-0.4, -0.2) is 0 Å². The van der Waals surface area contributed by atoms with Gasteiger partial charge in [0.05, 0.1) is 0 Å². The van der Waals surface area contributed by atoms with Gasteiger partial charge in [-0.15, -0.1) is 0 Å². The van der Waals surface area contributed by atoms with Crippen LogP contribution in [-0.2, 0) is 0 Å². The molecule has 0 aliphatic rings. The van der Waals surface area contributed by atoms with Crippen LogP contribution in [0.4, 0.5) is 5.69 Å². The molecule has 2 N–H and O–H groups in total. The zero-order chi connectivity index (χ0) is 12.0. The highest BCUT2D eigenvalue weighted by molar-refractivity contribution is 6.01. The topological polar surface area (TPSA) is 26.0 Å². The number of hydrogen-bond donors (Lipinski definition) is 1. The Hall–Kier alpha value is -2.02. The first kappa shape index (κ1) is 10.2. The van der Waals surface area contributed by atoms with Crippen LogP contribution in [0.3, 0.4) is 0 Å². The summed E-state index contributed by atoms with van der Waals surface area (Å²) in [6.07, 6.45) is 0. The van der Waals surface area contributed by atoms with Gasteiger partial charge in [0.1, 0.15) is 0 Å². The summed E-state index contributed by atoms with van der Waals surface area (Å²) in [7, 11) is 0. The van der Waals surface area contributed by atoms with E-state index in [1.54, 1.807) is 0 Å². The van der Waals surface area contributed by atoms with E-state index in [0.29, 0.717) is 0 Å². The molecule has 0 fully saturated rings. The van der Waals surface area contributed by atoms with E-state index in [2.05, 4.69) is 56.3 Å². The molecule has 0 radical (unpaired) electrons. The van der Waals surface area contributed by atoms with Crippen molar-refractivity contribution in [1.29, 1.82) is 0 Å². The predicted molar refractivity (Wildman–Crippen MR) is 75.3 cm³/mol. The summed E-state index contributed by atoms with van der Waals surface area (Å²) >= 11 is 0. The van der Waals surface area contributed by atoms with E-state index in [9.17, 15) is 0 Å². The Balaban J connectivity index is 2.52. The maximum absolute atomic E-state index is 6.03. The summed E-state index contributed by atoms with van der Waals surface area (Å²) in [5.41, 5.74) is 9.38. The molecule has 0 aliphatic carbocycles. The van der Waals surface area contributed by atoms with Gasteiger partial charge in [-0.25, -0.2) is 0 Å². The van der Waals surface area contributed by atoms with Crippen molar-refractivity contribution in [3.05, 3.63) is 53.6 Å². The van der Waals surface area contributed by atoms with E-state index in [1.165, 1.54) is 32.7 Å². The number of fused-ring (bicyclic) bond motifs is 2. The molecule has 3 aromatic carbocycles. The van der Waals surface area contributed by atoms with E-state index in [1.807, 2.05) is 0 Å². The minimum absolute atomic E-state index is 0.880. The summed E-state index contributed by atoms with van der Waals surface area (Å²) in [6, 6.07) is 15.0. The first-order chi connectivity index (χ1) is 8.16. The largest absolute Gasteiger partial charge is 0.398 e. The van der Waals surface area contributed by atoms with Gasteiger partial charge in [0, 0.05) is 5.69 Å².